The summed E-state index contributed by atoms with van der Waals surface area (Å²) in [6, 6.07) is 3.03. The van der Waals surface area contributed by atoms with Gasteiger partial charge in [0.2, 0.25) is 16.4 Å². The van der Waals surface area contributed by atoms with E-state index in [1.54, 1.807) is 19.1 Å². The molecule has 0 atom stereocenters. The second-order valence-electron chi connectivity index (χ2n) is 10.9. The quantitative estimate of drug-likeness (QED) is 0.216. The molecule has 1 aromatic carbocycles. The molecule has 1 saturated carbocycles. The predicted octanol–water partition coefficient (Wildman–Crippen LogP) is 0.557. The summed E-state index contributed by atoms with van der Waals surface area (Å²) >= 11 is 0.676. The van der Waals surface area contributed by atoms with Crippen molar-refractivity contribution in [2.24, 2.45) is 5.92 Å². The van der Waals surface area contributed by atoms with Gasteiger partial charge in [0.1, 0.15) is 22.3 Å². The average Bonchev–Trinajstić information content (AvgIpc) is 2.97. The molecule has 1 spiro atoms. The second kappa shape index (κ2) is 12.6. The van der Waals surface area contributed by atoms with Gasteiger partial charge < -0.3 is 25.3 Å². The van der Waals surface area contributed by atoms with Gasteiger partial charge in [-0.05, 0) is 49.1 Å². The number of carbonyl (C=O) groups is 3. The largest absolute Gasteiger partial charge is 0.502 e. The van der Waals surface area contributed by atoms with Crippen LogP contribution in [0.4, 0.5) is 13.6 Å². The van der Waals surface area contributed by atoms with Crippen LogP contribution in [0.5, 0.6) is 5.75 Å². The smallest absolute Gasteiger partial charge is 0.407 e. The maximum atomic E-state index is 14.1. The lowest BCUT2D eigenvalue weighted by atomic mass is 9.79. The number of hydrogen-bond acceptors (Lipinski definition) is 8. The summed E-state index contributed by atoms with van der Waals surface area (Å²) in [5.74, 6) is -3.58. The van der Waals surface area contributed by atoms with E-state index < -0.39 is 40.5 Å². The Labute approximate surface area is 255 Å². The zero-order chi connectivity index (χ0) is 32.5. The molecule has 1 fully saturated rings. The molecular weight excluding hydrogens is 600 g/mol. The van der Waals surface area contributed by atoms with E-state index in [0.717, 1.165) is 11.0 Å². The van der Waals surface area contributed by atoms with E-state index in [2.05, 4.69) is 5.32 Å². The maximum Gasteiger partial charge on any atom is 0.407 e. The van der Waals surface area contributed by atoms with Gasteiger partial charge in [-0.25, -0.2) is 13.6 Å². The number of carbonyl (C=O) groups excluding carboxylic acids is 2. The molecule has 2 heterocycles. The van der Waals surface area contributed by atoms with Crippen LogP contribution in [-0.2, 0) is 11.2 Å². The number of hydrogen-bond donors (Lipinski definition) is 5. The van der Waals surface area contributed by atoms with Crippen LogP contribution in [0, 0.1) is 23.0 Å². The highest BCUT2D eigenvalue weighted by Crippen LogP contribution is 2.41. The molecular formula is C28H34F2N7O6S+. The van der Waals surface area contributed by atoms with Gasteiger partial charge >= 0.3 is 6.09 Å². The van der Waals surface area contributed by atoms with Crippen molar-refractivity contribution < 1.29 is 38.8 Å². The van der Waals surface area contributed by atoms with E-state index in [1.165, 1.54) is 28.9 Å². The van der Waals surface area contributed by atoms with Crippen molar-refractivity contribution in [1.82, 2.24) is 19.8 Å². The van der Waals surface area contributed by atoms with Crippen LogP contribution < -0.4 is 21.2 Å². The summed E-state index contributed by atoms with van der Waals surface area (Å²) in [5, 5.41) is 38.5. The van der Waals surface area contributed by atoms with E-state index in [0.29, 0.717) is 43.5 Å². The van der Waals surface area contributed by atoms with Gasteiger partial charge in [0, 0.05) is 52.4 Å². The number of nitrogens with zero attached hydrogens (tertiary/aromatic N) is 4. The fraction of sp³-hybridized carbons (Fsp3) is 0.429. The third kappa shape index (κ3) is 6.11. The Bertz CT molecular complexity index is 1590. The van der Waals surface area contributed by atoms with E-state index in [1.807, 2.05) is 0 Å². The summed E-state index contributed by atoms with van der Waals surface area (Å²) in [5.41, 5.74) is -2.28. The molecule has 0 radical (unpaired) electrons. The van der Waals surface area contributed by atoms with Gasteiger partial charge in [-0.15, -0.1) is 0 Å². The fourth-order valence-corrected chi connectivity index (χ4v) is 6.36. The van der Waals surface area contributed by atoms with Crippen molar-refractivity contribution in [3.05, 3.63) is 63.1 Å². The molecule has 0 saturated heterocycles. The molecule has 4 rings (SSSR count). The number of nitrogens with two attached hydrogens (primary N) is 1. The number of halogens is 2. The molecule has 236 valence electrons. The molecule has 13 nitrogen and oxygen atoms in total. The van der Waals surface area contributed by atoms with E-state index in [9.17, 15) is 33.1 Å². The van der Waals surface area contributed by atoms with Gasteiger partial charge in [0.15, 0.2) is 11.4 Å². The van der Waals surface area contributed by atoms with E-state index in [-0.39, 0.29) is 58.2 Å². The SMILES string of the molecule is CN(CCNC(=O)C1CCC2(CC1)N(C)C(=O)c1c(O)c(=O)c(C(=N)SC(=[NH2+])Cc3ccc(F)cc3F)cn1N2C)C(=O)O. The van der Waals surface area contributed by atoms with E-state index >= 15 is 0 Å². The first-order chi connectivity index (χ1) is 20.7. The molecule has 1 aromatic heterocycles. The highest BCUT2D eigenvalue weighted by molar-refractivity contribution is 8.26. The molecule has 0 unspecified atom stereocenters. The molecule has 0 bridgehead atoms. The number of aromatic nitrogens is 1. The summed E-state index contributed by atoms with van der Waals surface area (Å²) in [6.45, 7) is 0.299. The van der Waals surface area contributed by atoms with Gasteiger partial charge in [-0.2, -0.15) is 0 Å². The van der Waals surface area contributed by atoms with Crippen molar-refractivity contribution in [2.75, 3.05) is 39.2 Å². The molecule has 1 aliphatic heterocycles. The number of likely N-dealkylation sites (N-methyl/N-ethyl adjacent to an activating group) is 1. The van der Waals surface area contributed by atoms with Gasteiger partial charge in [0.05, 0.1) is 12.0 Å². The molecule has 2 aliphatic rings. The lowest BCUT2D eigenvalue weighted by Gasteiger charge is -2.55. The summed E-state index contributed by atoms with van der Waals surface area (Å²) in [7, 11) is 4.64. The van der Waals surface area contributed by atoms with Crippen LogP contribution in [0.25, 0.3) is 0 Å². The van der Waals surface area contributed by atoms with Crippen LogP contribution in [0.1, 0.15) is 47.3 Å². The minimum atomic E-state index is -1.10. The predicted molar refractivity (Wildman–Crippen MR) is 158 cm³/mol. The lowest BCUT2D eigenvalue weighted by Crippen LogP contribution is -2.69. The van der Waals surface area contributed by atoms with Crippen molar-refractivity contribution >= 4 is 39.8 Å². The topological polar surface area (TPSA) is 185 Å². The third-order valence-corrected chi connectivity index (χ3v) is 9.14. The van der Waals surface area contributed by atoms with Gasteiger partial charge in [-0.1, -0.05) is 6.07 Å². The first kappa shape index (κ1) is 32.4. The van der Waals surface area contributed by atoms with Gasteiger partial charge in [0.25, 0.3) is 5.91 Å². The molecule has 3 amide bonds. The summed E-state index contributed by atoms with van der Waals surface area (Å²) < 4.78 is 28.7. The lowest BCUT2D eigenvalue weighted by molar-refractivity contribution is -0.127. The Kier molecular flexibility index (Phi) is 9.32. The van der Waals surface area contributed by atoms with Crippen LogP contribution in [0.2, 0.25) is 0 Å². The number of fused-ring (bicyclic) bond motifs is 1. The van der Waals surface area contributed by atoms with Crippen molar-refractivity contribution in [3.63, 3.8) is 0 Å². The first-order valence-electron chi connectivity index (χ1n) is 13.7. The Morgan fingerprint density at radius 3 is 2.50 bits per heavy atom. The van der Waals surface area contributed by atoms with Crippen molar-refractivity contribution in [1.29, 1.82) is 5.41 Å². The number of nitrogens with one attached hydrogen (secondary N) is 2. The van der Waals surface area contributed by atoms with Gasteiger partial charge in [-0.3, -0.25) is 34.9 Å². The van der Waals surface area contributed by atoms with E-state index in [4.69, 9.17) is 15.9 Å². The molecule has 1 aliphatic carbocycles. The number of rotatable bonds is 7. The summed E-state index contributed by atoms with van der Waals surface area (Å²) in [4.78, 5) is 52.8. The number of benzene rings is 1. The number of amides is 3. The number of aromatic hydroxyl groups is 1. The zero-order valence-electron chi connectivity index (χ0n) is 24.4. The standard InChI is InChI=1S/C28H33F2N7O6S/c1-34(27(42)43)11-10-33-25(40)15-6-8-28(9-7-15)35(2)26(41)21-23(39)22(38)18(14-37(21)36(28)3)24(32)44-20(31)12-16-4-5-17(29)13-19(16)30/h4-5,13-15,31-32,39H,6-12H2,1-3H3,(H,33,40)(H,42,43)/p+1. The minimum Gasteiger partial charge on any atom is -0.502 e. The Hall–Kier alpha value is -4.47. The third-order valence-electron chi connectivity index (χ3n) is 8.31. The number of thioether (sulfide) groups is 1. The molecule has 6 N–H and O–H groups in total. The van der Waals surface area contributed by atoms with Crippen molar-refractivity contribution in [2.45, 2.75) is 37.8 Å². The number of pyridine rings is 1. The van der Waals surface area contributed by atoms with Crippen LogP contribution in [0.15, 0.2) is 29.2 Å². The maximum absolute atomic E-state index is 14.1. The fourth-order valence-electron chi connectivity index (χ4n) is 5.62. The Morgan fingerprint density at radius 2 is 1.89 bits per heavy atom. The van der Waals surface area contributed by atoms with Crippen LogP contribution >= 0.6 is 11.8 Å². The molecule has 2 aromatic rings. The van der Waals surface area contributed by atoms with Crippen molar-refractivity contribution in [3.8, 4) is 5.75 Å². The minimum absolute atomic E-state index is 0.0500. The highest BCUT2D eigenvalue weighted by Gasteiger charge is 2.50. The zero-order valence-corrected chi connectivity index (χ0v) is 25.2. The highest BCUT2D eigenvalue weighted by atomic mass is 32.2. The second-order valence-corrected chi connectivity index (χ2v) is 12.0. The first-order valence-corrected chi connectivity index (χ1v) is 14.5. The molecule has 44 heavy (non-hydrogen) atoms. The summed E-state index contributed by atoms with van der Waals surface area (Å²) in [6.07, 6.45) is 1.60. The monoisotopic (exact) mass is 634 g/mol. The normalized spacial score (nSPS) is 19.5. The average molecular weight is 635 g/mol. The Morgan fingerprint density at radius 1 is 1.23 bits per heavy atom. The number of carboxylic acid groups (broad SMARTS) is 1. The van der Waals surface area contributed by atoms with Crippen LogP contribution in [-0.4, -0.2) is 92.6 Å². The molecule has 16 heteroatoms. The van der Waals surface area contributed by atoms with Crippen LogP contribution in [0.3, 0.4) is 0 Å². The Balaban J connectivity index is 1.52.